The van der Waals surface area contributed by atoms with Crippen molar-refractivity contribution in [3.8, 4) is 0 Å². The highest BCUT2D eigenvalue weighted by molar-refractivity contribution is 7.91. The molecular formula is C12H23NO4S. The third-order valence-electron chi connectivity index (χ3n) is 3.58. The lowest BCUT2D eigenvalue weighted by molar-refractivity contribution is -0.141. The molecule has 3 atom stereocenters. The van der Waals surface area contributed by atoms with E-state index in [-0.39, 0.29) is 17.2 Å². The van der Waals surface area contributed by atoms with Gasteiger partial charge in [0, 0.05) is 12.3 Å². The Morgan fingerprint density at radius 3 is 2.39 bits per heavy atom. The molecule has 1 aliphatic rings. The van der Waals surface area contributed by atoms with Crippen LogP contribution in [-0.4, -0.2) is 43.1 Å². The molecule has 2 N–H and O–H groups in total. The number of hydrogen-bond acceptors (Lipinski definition) is 4. The van der Waals surface area contributed by atoms with Gasteiger partial charge in [-0.25, -0.2) is 8.42 Å². The Kier molecular flexibility index (Phi) is 5.16. The van der Waals surface area contributed by atoms with Crippen molar-refractivity contribution in [2.24, 2.45) is 5.92 Å². The van der Waals surface area contributed by atoms with Crippen LogP contribution in [0.1, 0.15) is 39.5 Å². The van der Waals surface area contributed by atoms with Gasteiger partial charge in [-0.1, -0.05) is 20.3 Å². The first kappa shape index (κ1) is 15.4. The van der Waals surface area contributed by atoms with E-state index < -0.39 is 21.8 Å². The van der Waals surface area contributed by atoms with E-state index in [0.29, 0.717) is 12.8 Å². The lowest BCUT2D eigenvalue weighted by atomic mass is 9.93. The van der Waals surface area contributed by atoms with Crippen molar-refractivity contribution < 1.29 is 18.3 Å². The van der Waals surface area contributed by atoms with Crippen molar-refractivity contribution in [2.75, 3.05) is 6.26 Å². The summed E-state index contributed by atoms with van der Waals surface area (Å²) >= 11 is 0. The summed E-state index contributed by atoms with van der Waals surface area (Å²) in [6, 6.07) is -0.615. The van der Waals surface area contributed by atoms with Crippen LogP contribution in [0.2, 0.25) is 0 Å². The first-order valence-electron chi connectivity index (χ1n) is 6.39. The highest BCUT2D eigenvalue weighted by Crippen LogP contribution is 2.24. The van der Waals surface area contributed by atoms with Gasteiger partial charge in [-0.2, -0.15) is 0 Å². The summed E-state index contributed by atoms with van der Waals surface area (Å²) in [6.07, 6.45) is 4.16. The van der Waals surface area contributed by atoms with E-state index in [2.05, 4.69) is 5.32 Å². The maximum Gasteiger partial charge on any atom is 0.320 e. The molecule has 106 valence electrons. The van der Waals surface area contributed by atoms with E-state index in [1.54, 1.807) is 0 Å². The van der Waals surface area contributed by atoms with Crippen LogP contribution in [0.3, 0.4) is 0 Å². The van der Waals surface area contributed by atoms with E-state index in [9.17, 15) is 13.2 Å². The Labute approximate surface area is 109 Å². The maximum atomic E-state index is 11.5. The summed E-state index contributed by atoms with van der Waals surface area (Å²) in [4.78, 5) is 11.1. The molecule has 0 saturated heterocycles. The molecule has 0 aliphatic heterocycles. The van der Waals surface area contributed by atoms with Crippen molar-refractivity contribution in [2.45, 2.75) is 56.9 Å². The first-order chi connectivity index (χ1) is 8.21. The van der Waals surface area contributed by atoms with Gasteiger partial charge in [-0.3, -0.25) is 4.79 Å². The zero-order valence-corrected chi connectivity index (χ0v) is 12.0. The number of aliphatic carboxylic acids is 1. The molecule has 0 bridgehead atoms. The Morgan fingerprint density at radius 2 is 1.94 bits per heavy atom. The molecule has 18 heavy (non-hydrogen) atoms. The average Bonchev–Trinajstić information content (AvgIpc) is 2.24. The molecular weight excluding hydrogens is 254 g/mol. The van der Waals surface area contributed by atoms with Crippen LogP contribution < -0.4 is 5.32 Å². The first-order valence-corrected chi connectivity index (χ1v) is 8.35. The lowest BCUT2D eigenvalue weighted by Gasteiger charge is -2.32. The molecule has 1 aliphatic carbocycles. The SMILES string of the molecule is CC(C)C(NC1CCCC(S(C)(=O)=O)C1)C(=O)O. The quantitative estimate of drug-likeness (QED) is 0.784. The van der Waals surface area contributed by atoms with Gasteiger partial charge in [0.15, 0.2) is 0 Å². The number of sulfone groups is 1. The molecule has 0 aromatic heterocycles. The smallest absolute Gasteiger partial charge is 0.320 e. The maximum absolute atomic E-state index is 11.5. The van der Waals surface area contributed by atoms with Gasteiger partial charge in [-0.05, 0) is 25.2 Å². The third-order valence-corrected chi connectivity index (χ3v) is 5.22. The molecule has 6 heteroatoms. The van der Waals surface area contributed by atoms with Gasteiger partial charge in [0.05, 0.1) is 5.25 Å². The van der Waals surface area contributed by atoms with Gasteiger partial charge in [0.2, 0.25) is 0 Å². The molecule has 1 rings (SSSR count). The van der Waals surface area contributed by atoms with Gasteiger partial charge in [0.1, 0.15) is 15.9 Å². The Morgan fingerprint density at radius 1 is 1.33 bits per heavy atom. The van der Waals surface area contributed by atoms with Gasteiger partial charge in [0.25, 0.3) is 0 Å². The predicted octanol–water partition coefficient (Wildman–Crippen LogP) is 1.04. The van der Waals surface area contributed by atoms with E-state index in [0.717, 1.165) is 12.8 Å². The molecule has 0 amide bonds. The van der Waals surface area contributed by atoms with Crippen LogP contribution in [0.25, 0.3) is 0 Å². The third kappa shape index (κ3) is 4.24. The number of carboxylic acids is 1. The normalized spacial score (nSPS) is 27.1. The van der Waals surface area contributed by atoms with E-state index in [4.69, 9.17) is 5.11 Å². The second-order valence-corrected chi connectivity index (χ2v) is 7.87. The fraction of sp³-hybridized carbons (Fsp3) is 0.917. The highest BCUT2D eigenvalue weighted by Gasteiger charge is 2.32. The molecule has 0 aromatic rings. The molecule has 0 radical (unpaired) electrons. The minimum Gasteiger partial charge on any atom is -0.480 e. The van der Waals surface area contributed by atoms with Crippen molar-refractivity contribution in [1.82, 2.24) is 5.32 Å². The Balaban J connectivity index is 2.65. The highest BCUT2D eigenvalue weighted by atomic mass is 32.2. The number of carboxylic acid groups (broad SMARTS) is 1. The van der Waals surface area contributed by atoms with Crippen molar-refractivity contribution in [1.29, 1.82) is 0 Å². The fourth-order valence-corrected chi connectivity index (χ4v) is 3.66. The largest absolute Gasteiger partial charge is 0.480 e. The molecule has 3 unspecified atom stereocenters. The van der Waals surface area contributed by atoms with E-state index in [1.165, 1.54) is 6.26 Å². The summed E-state index contributed by atoms with van der Waals surface area (Å²) in [5.41, 5.74) is 0. The van der Waals surface area contributed by atoms with Crippen LogP contribution in [0.15, 0.2) is 0 Å². The Bertz CT molecular complexity index is 391. The molecule has 0 spiro atoms. The fourth-order valence-electron chi connectivity index (χ4n) is 2.49. The number of nitrogens with one attached hydrogen (secondary N) is 1. The lowest BCUT2D eigenvalue weighted by Crippen LogP contribution is -2.49. The van der Waals surface area contributed by atoms with E-state index >= 15 is 0 Å². The number of carbonyl (C=O) groups is 1. The van der Waals surface area contributed by atoms with Crippen LogP contribution in [0.4, 0.5) is 0 Å². The van der Waals surface area contributed by atoms with Crippen LogP contribution in [0, 0.1) is 5.92 Å². The summed E-state index contributed by atoms with van der Waals surface area (Å²) in [7, 11) is -3.02. The van der Waals surface area contributed by atoms with Crippen LogP contribution in [-0.2, 0) is 14.6 Å². The number of rotatable bonds is 5. The number of hydrogen-bond donors (Lipinski definition) is 2. The van der Waals surface area contributed by atoms with Gasteiger partial charge < -0.3 is 10.4 Å². The monoisotopic (exact) mass is 277 g/mol. The van der Waals surface area contributed by atoms with Gasteiger partial charge >= 0.3 is 5.97 Å². The van der Waals surface area contributed by atoms with Gasteiger partial charge in [-0.15, -0.1) is 0 Å². The van der Waals surface area contributed by atoms with Crippen molar-refractivity contribution in [3.63, 3.8) is 0 Å². The van der Waals surface area contributed by atoms with Crippen LogP contribution >= 0.6 is 0 Å². The average molecular weight is 277 g/mol. The standard InChI is InChI=1S/C12H23NO4S/c1-8(2)11(12(14)15)13-9-5-4-6-10(7-9)18(3,16)17/h8-11,13H,4-7H2,1-3H3,(H,14,15). The minimum absolute atomic E-state index is 0.0121. The summed E-state index contributed by atoms with van der Waals surface area (Å²) in [6.45, 7) is 3.70. The molecule has 0 aromatic carbocycles. The van der Waals surface area contributed by atoms with Crippen molar-refractivity contribution in [3.05, 3.63) is 0 Å². The second kappa shape index (κ2) is 6.02. The molecule has 0 heterocycles. The molecule has 1 saturated carbocycles. The summed E-state index contributed by atoms with van der Waals surface area (Å²) in [5, 5.41) is 11.9. The molecule has 5 nitrogen and oxygen atoms in total. The van der Waals surface area contributed by atoms with E-state index in [1.807, 2.05) is 13.8 Å². The zero-order chi connectivity index (χ0) is 13.9. The molecule has 1 fully saturated rings. The Hall–Kier alpha value is -0.620. The van der Waals surface area contributed by atoms with Crippen LogP contribution in [0.5, 0.6) is 0 Å². The zero-order valence-electron chi connectivity index (χ0n) is 11.2. The summed E-state index contributed by atoms with van der Waals surface area (Å²) < 4.78 is 23.1. The minimum atomic E-state index is -3.02. The topological polar surface area (TPSA) is 83.5 Å². The summed E-state index contributed by atoms with van der Waals surface area (Å²) in [5.74, 6) is -0.882. The predicted molar refractivity (Wildman–Crippen MR) is 70.3 cm³/mol. The van der Waals surface area contributed by atoms with Crippen molar-refractivity contribution >= 4 is 15.8 Å². The second-order valence-electron chi connectivity index (χ2n) is 5.54.